The summed E-state index contributed by atoms with van der Waals surface area (Å²) < 4.78 is 1.57. The molecule has 1 heterocycles. The average molecular weight is 197 g/mol. The summed E-state index contributed by atoms with van der Waals surface area (Å²) in [5.74, 6) is -0.496. The van der Waals surface area contributed by atoms with E-state index in [1.54, 1.807) is 25.5 Å². The van der Waals surface area contributed by atoms with E-state index in [0.29, 0.717) is 17.8 Å². The zero-order chi connectivity index (χ0) is 10.9. The predicted molar refractivity (Wildman–Crippen MR) is 51.8 cm³/mol. The maximum atomic E-state index is 10.9. The van der Waals surface area contributed by atoms with Gasteiger partial charge in [-0.3, -0.25) is 9.48 Å². The molecule has 5 nitrogen and oxygen atoms in total. The molecule has 0 radical (unpaired) electrons. The molecule has 3 N–H and O–H groups in total. The number of amides is 1. The van der Waals surface area contributed by atoms with Gasteiger partial charge < -0.3 is 10.8 Å². The molecule has 0 atom stereocenters. The quantitative estimate of drug-likeness (QED) is 0.719. The number of hydrogen-bond donors (Lipinski definition) is 2. The zero-order valence-electron chi connectivity index (χ0n) is 8.61. The predicted octanol–water partition coefficient (Wildman–Crippen LogP) is 0.0613. The van der Waals surface area contributed by atoms with Gasteiger partial charge in [-0.2, -0.15) is 5.10 Å². The first kappa shape index (κ1) is 10.7. The first-order chi connectivity index (χ1) is 6.31. The summed E-state index contributed by atoms with van der Waals surface area (Å²) >= 11 is 0. The fraction of sp³-hybridized carbons (Fsp3) is 0.556. The van der Waals surface area contributed by atoms with Crippen molar-refractivity contribution in [2.75, 3.05) is 0 Å². The molecule has 14 heavy (non-hydrogen) atoms. The molecule has 1 aromatic rings. The van der Waals surface area contributed by atoms with Gasteiger partial charge in [-0.25, -0.2) is 0 Å². The van der Waals surface area contributed by atoms with Crippen molar-refractivity contribution >= 4 is 5.91 Å². The lowest BCUT2D eigenvalue weighted by molar-refractivity contribution is 0.0569. The molecule has 5 heteroatoms. The Labute approximate surface area is 82.5 Å². The second kappa shape index (κ2) is 3.42. The Morgan fingerprint density at radius 3 is 2.64 bits per heavy atom. The van der Waals surface area contributed by atoms with Gasteiger partial charge >= 0.3 is 0 Å². The minimum absolute atomic E-state index is 0.339. The third kappa shape index (κ3) is 2.32. The van der Waals surface area contributed by atoms with Crippen molar-refractivity contribution in [2.24, 2.45) is 5.73 Å². The fourth-order valence-corrected chi connectivity index (χ4v) is 1.21. The van der Waals surface area contributed by atoms with E-state index in [1.165, 1.54) is 6.20 Å². The lowest BCUT2D eigenvalue weighted by atomic mass is 10.1. The smallest absolute Gasteiger partial charge is 0.252 e. The number of hydrogen-bond acceptors (Lipinski definition) is 3. The highest BCUT2D eigenvalue weighted by Crippen LogP contribution is 2.11. The van der Waals surface area contributed by atoms with Gasteiger partial charge in [-0.05, 0) is 20.8 Å². The number of aromatic nitrogens is 2. The van der Waals surface area contributed by atoms with Gasteiger partial charge in [0.1, 0.15) is 0 Å². The van der Waals surface area contributed by atoms with Crippen LogP contribution in [0.15, 0.2) is 6.20 Å². The van der Waals surface area contributed by atoms with Crippen LogP contribution in [-0.4, -0.2) is 26.4 Å². The number of aliphatic hydroxyl groups is 1. The van der Waals surface area contributed by atoms with E-state index in [0.717, 1.165) is 0 Å². The van der Waals surface area contributed by atoms with Crippen LogP contribution in [0.2, 0.25) is 0 Å². The molecule has 0 saturated heterocycles. The molecule has 78 valence electrons. The number of primary amides is 1. The highest BCUT2D eigenvalue weighted by atomic mass is 16.3. The number of nitrogens with zero attached hydrogens (tertiary/aromatic N) is 2. The van der Waals surface area contributed by atoms with E-state index in [-0.39, 0.29) is 0 Å². The van der Waals surface area contributed by atoms with Crippen molar-refractivity contribution in [3.63, 3.8) is 0 Å². The third-order valence-corrected chi connectivity index (χ3v) is 1.91. The fourth-order valence-electron chi connectivity index (χ4n) is 1.21. The molecule has 0 aliphatic rings. The Bertz CT molecular complexity index is 349. The summed E-state index contributed by atoms with van der Waals surface area (Å²) in [6.07, 6.45) is 1.42. The molecule has 0 unspecified atom stereocenters. The molecule has 0 aliphatic carbocycles. The summed E-state index contributed by atoms with van der Waals surface area (Å²) in [5.41, 5.74) is 5.36. The Balaban J connectivity index is 2.96. The first-order valence-electron chi connectivity index (χ1n) is 4.36. The van der Waals surface area contributed by atoms with Crippen molar-refractivity contribution in [1.29, 1.82) is 0 Å². The monoisotopic (exact) mass is 197 g/mol. The van der Waals surface area contributed by atoms with Crippen LogP contribution in [0.25, 0.3) is 0 Å². The normalized spacial score (nSPS) is 11.7. The standard InChI is InChI=1S/C9H15N3O2/c1-6-7(8(10)13)4-11-12(6)5-9(2,3)14/h4,14H,5H2,1-3H3,(H2,10,13). The van der Waals surface area contributed by atoms with Crippen LogP contribution in [0.1, 0.15) is 29.9 Å². The molecule has 1 amide bonds. The highest BCUT2D eigenvalue weighted by Gasteiger charge is 2.18. The Kier molecular flexibility index (Phi) is 2.62. The molecule has 0 spiro atoms. The van der Waals surface area contributed by atoms with Crippen LogP contribution in [0.5, 0.6) is 0 Å². The van der Waals surface area contributed by atoms with Crippen molar-refractivity contribution in [3.8, 4) is 0 Å². The molecular formula is C9H15N3O2. The number of carbonyl (C=O) groups excluding carboxylic acids is 1. The second-order valence-electron chi connectivity index (χ2n) is 3.98. The highest BCUT2D eigenvalue weighted by molar-refractivity contribution is 5.93. The van der Waals surface area contributed by atoms with Crippen LogP contribution in [0.4, 0.5) is 0 Å². The Morgan fingerprint density at radius 2 is 2.29 bits per heavy atom. The lowest BCUT2D eigenvalue weighted by Gasteiger charge is -2.17. The summed E-state index contributed by atoms with van der Waals surface area (Å²) in [7, 11) is 0. The van der Waals surface area contributed by atoms with Crippen LogP contribution in [0.3, 0.4) is 0 Å². The van der Waals surface area contributed by atoms with Gasteiger partial charge in [0.15, 0.2) is 0 Å². The van der Waals surface area contributed by atoms with Crippen LogP contribution in [-0.2, 0) is 6.54 Å². The van der Waals surface area contributed by atoms with E-state index in [4.69, 9.17) is 5.73 Å². The van der Waals surface area contributed by atoms with E-state index in [9.17, 15) is 9.90 Å². The van der Waals surface area contributed by atoms with E-state index in [2.05, 4.69) is 5.10 Å². The Morgan fingerprint density at radius 1 is 1.71 bits per heavy atom. The molecular weight excluding hydrogens is 182 g/mol. The molecule has 0 fully saturated rings. The van der Waals surface area contributed by atoms with Gasteiger partial charge in [0.25, 0.3) is 5.91 Å². The summed E-state index contributed by atoms with van der Waals surface area (Å²) in [6.45, 7) is 5.45. The molecule has 0 saturated carbocycles. The minimum Gasteiger partial charge on any atom is -0.389 e. The van der Waals surface area contributed by atoms with Crippen LogP contribution < -0.4 is 5.73 Å². The van der Waals surface area contributed by atoms with Crippen molar-refractivity contribution < 1.29 is 9.90 Å². The number of carbonyl (C=O) groups is 1. The lowest BCUT2D eigenvalue weighted by Crippen LogP contribution is -2.27. The van der Waals surface area contributed by atoms with Gasteiger partial charge in [0.2, 0.25) is 0 Å². The van der Waals surface area contributed by atoms with E-state index in [1.807, 2.05) is 0 Å². The molecule has 0 aliphatic heterocycles. The maximum absolute atomic E-state index is 10.9. The van der Waals surface area contributed by atoms with Gasteiger partial charge in [0, 0.05) is 5.69 Å². The average Bonchev–Trinajstić information content (AvgIpc) is 2.29. The first-order valence-corrected chi connectivity index (χ1v) is 4.36. The molecule has 1 rings (SSSR count). The van der Waals surface area contributed by atoms with E-state index < -0.39 is 11.5 Å². The number of nitrogens with two attached hydrogens (primary N) is 1. The summed E-state index contributed by atoms with van der Waals surface area (Å²) in [4.78, 5) is 10.9. The van der Waals surface area contributed by atoms with Crippen molar-refractivity contribution in [1.82, 2.24) is 9.78 Å². The largest absolute Gasteiger partial charge is 0.389 e. The second-order valence-corrected chi connectivity index (χ2v) is 3.98. The van der Waals surface area contributed by atoms with Crippen molar-refractivity contribution in [3.05, 3.63) is 17.5 Å². The maximum Gasteiger partial charge on any atom is 0.252 e. The Hall–Kier alpha value is -1.36. The zero-order valence-corrected chi connectivity index (χ0v) is 8.61. The van der Waals surface area contributed by atoms with Gasteiger partial charge in [-0.15, -0.1) is 0 Å². The topological polar surface area (TPSA) is 81.1 Å². The van der Waals surface area contributed by atoms with Gasteiger partial charge in [0.05, 0.1) is 23.9 Å². The third-order valence-electron chi connectivity index (χ3n) is 1.91. The summed E-state index contributed by atoms with van der Waals surface area (Å²) in [6, 6.07) is 0. The van der Waals surface area contributed by atoms with Crippen LogP contribution in [0, 0.1) is 6.92 Å². The molecule has 1 aromatic heterocycles. The van der Waals surface area contributed by atoms with Gasteiger partial charge in [-0.1, -0.05) is 0 Å². The molecule has 0 aromatic carbocycles. The van der Waals surface area contributed by atoms with Crippen molar-refractivity contribution in [2.45, 2.75) is 32.9 Å². The SMILES string of the molecule is Cc1c(C(N)=O)cnn1CC(C)(C)O. The van der Waals surface area contributed by atoms with Crippen LogP contribution >= 0.6 is 0 Å². The summed E-state index contributed by atoms with van der Waals surface area (Å²) in [5, 5.41) is 13.5. The minimum atomic E-state index is -0.855. The van der Waals surface area contributed by atoms with E-state index >= 15 is 0 Å². The molecule has 0 bridgehead atoms. The number of rotatable bonds is 3.